The third-order valence-electron chi connectivity index (χ3n) is 7.37. The fraction of sp³-hybridized carbons (Fsp3) is 0.353. The second-order valence-electron chi connectivity index (χ2n) is 11.1. The Labute approximate surface area is 253 Å². The predicted octanol–water partition coefficient (Wildman–Crippen LogP) is 7.18. The van der Waals surface area contributed by atoms with Crippen LogP contribution in [0.25, 0.3) is 11.1 Å². The minimum absolute atomic E-state index is 0.0249. The number of rotatable bonds is 12. The van der Waals surface area contributed by atoms with Crippen LogP contribution in [0.2, 0.25) is 0 Å². The quantitative estimate of drug-likeness (QED) is 0.119. The van der Waals surface area contributed by atoms with Crippen molar-refractivity contribution in [3.8, 4) is 28.4 Å². The molecule has 0 spiro atoms. The molecule has 4 aromatic rings. The lowest BCUT2D eigenvalue weighted by Gasteiger charge is -2.22. The molecule has 1 fully saturated rings. The van der Waals surface area contributed by atoms with Gasteiger partial charge in [0.25, 0.3) is 0 Å². The highest BCUT2D eigenvalue weighted by atomic mass is 16.7. The Balaban J connectivity index is 1.22. The van der Waals surface area contributed by atoms with Crippen LogP contribution in [0.3, 0.4) is 0 Å². The summed E-state index contributed by atoms with van der Waals surface area (Å²) in [6.45, 7) is 7.80. The third kappa shape index (κ3) is 7.55. The van der Waals surface area contributed by atoms with Crippen molar-refractivity contribution in [2.24, 2.45) is 5.73 Å². The molecule has 0 saturated carbocycles. The minimum atomic E-state index is -0.127. The summed E-state index contributed by atoms with van der Waals surface area (Å²) in [7, 11) is 1.85. The van der Waals surface area contributed by atoms with Crippen LogP contribution in [0.1, 0.15) is 61.5 Å². The van der Waals surface area contributed by atoms with E-state index in [9.17, 15) is 0 Å². The summed E-state index contributed by atoms with van der Waals surface area (Å²) < 4.78 is 25.8. The number of benzene rings is 2. The molecule has 5 rings (SSSR count). The number of ether oxygens (including phenoxy) is 4. The minimum Gasteiger partial charge on any atom is -0.489 e. The summed E-state index contributed by atoms with van der Waals surface area (Å²) in [6.07, 6.45) is 6.91. The molecule has 1 unspecified atom stereocenters. The first kappa shape index (κ1) is 30.1. The summed E-state index contributed by atoms with van der Waals surface area (Å²) >= 11 is 0. The van der Waals surface area contributed by atoms with E-state index in [1.165, 1.54) is 0 Å². The molecule has 9 nitrogen and oxygen atoms in total. The molecule has 0 bridgehead atoms. The van der Waals surface area contributed by atoms with Crippen LogP contribution in [-0.4, -0.2) is 35.3 Å². The number of nitrogens with zero attached hydrogens (tertiary/aromatic N) is 2. The molecule has 3 heterocycles. The van der Waals surface area contributed by atoms with Gasteiger partial charge in [-0.15, -0.1) is 0 Å². The molecule has 1 aliphatic rings. The summed E-state index contributed by atoms with van der Waals surface area (Å²) in [5, 5.41) is 11.4. The first-order valence-corrected chi connectivity index (χ1v) is 14.8. The van der Waals surface area contributed by atoms with Crippen molar-refractivity contribution in [1.29, 1.82) is 5.41 Å². The second-order valence-corrected chi connectivity index (χ2v) is 11.1. The van der Waals surface area contributed by atoms with Crippen molar-refractivity contribution in [2.45, 2.75) is 65.6 Å². The lowest BCUT2D eigenvalue weighted by atomic mass is 10.0. The summed E-state index contributed by atoms with van der Waals surface area (Å²) in [4.78, 5) is 4.52. The monoisotopic (exact) mass is 583 g/mol. The SMILES string of the molecule is CNc1c(C(=N)N)c(-c2ccc(Oc3cc(C)cc(OCc4ccc(COC5CCCCO5)nc4)c3)cc2)cn1C(C)C. The Morgan fingerprint density at radius 3 is 2.51 bits per heavy atom. The predicted molar refractivity (Wildman–Crippen MR) is 169 cm³/mol. The molecule has 4 N–H and O–H groups in total. The van der Waals surface area contributed by atoms with Crippen molar-refractivity contribution in [2.75, 3.05) is 19.0 Å². The van der Waals surface area contributed by atoms with Crippen LogP contribution in [0.15, 0.2) is 67.0 Å². The van der Waals surface area contributed by atoms with E-state index >= 15 is 0 Å². The molecular formula is C34H41N5O4. The number of amidine groups is 1. The van der Waals surface area contributed by atoms with Crippen molar-refractivity contribution in [3.05, 3.63) is 89.4 Å². The maximum atomic E-state index is 8.18. The molecule has 226 valence electrons. The lowest BCUT2D eigenvalue weighted by Crippen LogP contribution is -2.22. The van der Waals surface area contributed by atoms with Crippen molar-refractivity contribution >= 4 is 11.7 Å². The van der Waals surface area contributed by atoms with E-state index in [0.717, 1.165) is 59.6 Å². The number of nitrogens with two attached hydrogens (primary N) is 1. The fourth-order valence-electron chi connectivity index (χ4n) is 5.19. The maximum Gasteiger partial charge on any atom is 0.158 e. The Morgan fingerprint density at radius 1 is 1.07 bits per heavy atom. The second kappa shape index (κ2) is 13.8. The molecule has 1 saturated heterocycles. The van der Waals surface area contributed by atoms with Crippen molar-refractivity contribution in [1.82, 2.24) is 9.55 Å². The van der Waals surface area contributed by atoms with Crippen LogP contribution < -0.4 is 20.5 Å². The molecule has 2 aromatic carbocycles. The lowest BCUT2D eigenvalue weighted by molar-refractivity contribution is -0.169. The van der Waals surface area contributed by atoms with Gasteiger partial charge in [0, 0.05) is 49.3 Å². The molecule has 0 radical (unpaired) electrons. The summed E-state index contributed by atoms with van der Waals surface area (Å²) in [6, 6.07) is 17.8. The van der Waals surface area contributed by atoms with Crippen LogP contribution in [0.5, 0.6) is 17.2 Å². The van der Waals surface area contributed by atoms with E-state index < -0.39 is 0 Å². The van der Waals surface area contributed by atoms with E-state index in [4.69, 9.17) is 30.1 Å². The van der Waals surface area contributed by atoms with Crippen LogP contribution in [0.4, 0.5) is 5.82 Å². The Bertz CT molecular complexity index is 1520. The molecule has 0 aliphatic carbocycles. The Hall–Kier alpha value is -4.34. The van der Waals surface area contributed by atoms with Gasteiger partial charge >= 0.3 is 0 Å². The number of anilines is 1. The number of pyridine rings is 1. The van der Waals surface area contributed by atoms with Gasteiger partial charge in [-0.2, -0.15) is 0 Å². The maximum absolute atomic E-state index is 8.18. The molecule has 1 atom stereocenters. The van der Waals surface area contributed by atoms with Gasteiger partial charge in [-0.05, 0) is 81.5 Å². The number of aryl methyl sites for hydroxylation is 1. The van der Waals surface area contributed by atoms with Gasteiger partial charge in [-0.3, -0.25) is 10.4 Å². The first-order chi connectivity index (χ1) is 20.8. The number of hydrogen-bond donors (Lipinski definition) is 3. The zero-order chi connectivity index (χ0) is 30.3. The van der Waals surface area contributed by atoms with E-state index in [2.05, 4.69) is 28.7 Å². The third-order valence-corrected chi connectivity index (χ3v) is 7.37. The van der Waals surface area contributed by atoms with Gasteiger partial charge in [0.15, 0.2) is 6.29 Å². The number of nitrogen functional groups attached to an aromatic ring is 1. The normalized spacial score (nSPS) is 15.0. The molecule has 0 amide bonds. The summed E-state index contributed by atoms with van der Waals surface area (Å²) in [5.41, 5.74) is 11.4. The zero-order valence-corrected chi connectivity index (χ0v) is 25.4. The fourth-order valence-corrected chi connectivity index (χ4v) is 5.19. The van der Waals surface area contributed by atoms with E-state index in [-0.39, 0.29) is 18.2 Å². The smallest absolute Gasteiger partial charge is 0.158 e. The standard InChI is InChI=1S/C34H41N5O4/c1-22(2)39-19-30(32(33(35)36)34(39)37-4)25-9-12-27(13-10-25)43-29-16-23(3)15-28(17-29)41-20-24-8-11-26(38-18-24)21-42-31-7-5-6-14-40-31/h8-13,15-19,22,31,37H,5-7,14,20-21H2,1-4H3,(H3,35,36). The zero-order valence-electron chi connectivity index (χ0n) is 25.4. The van der Waals surface area contributed by atoms with Gasteiger partial charge in [0.05, 0.1) is 17.9 Å². The average Bonchev–Trinajstić information content (AvgIpc) is 3.41. The molecule has 1 aliphatic heterocycles. The summed E-state index contributed by atoms with van der Waals surface area (Å²) in [5.74, 6) is 2.95. The van der Waals surface area contributed by atoms with Crippen molar-refractivity contribution in [3.63, 3.8) is 0 Å². The van der Waals surface area contributed by atoms with Gasteiger partial charge in [-0.1, -0.05) is 18.2 Å². The van der Waals surface area contributed by atoms with Crippen LogP contribution in [-0.2, 0) is 22.7 Å². The highest BCUT2D eigenvalue weighted by molar-refractivity contribution is 6.06. The largest absolute Gasteiger partial charge is 0.489 e. The van der Waals surface area contributed by atoms with Crippen LogP contribution >= 0.6 is 0 Å². The van der Waals surface area contributed by atoms with E-state index in [1.54, 1.807) is 0 Å². The van der Waals surface area contributed by atoms with Crippen LogP contribution in [0, 0.1) is 12.3 Å². The van der Waals surface area contributed by atoms with E-state index in [1.807, 2.05) is 81.0 Å². The van der Waals surface area contributed by atoms with Gasteiger partial charge < -0.3 is 34.6 Å². The van der Waals surface area contributed by atoms with Gasteiger partial charge in [0.1, 0.15) is 35.5 Å². The molecule has 2 aromatic heterocycles. The number of hydrogen-bond acceptors (Lipinski definition) is 7. The Morgan fingerprint density at radius 2 is 1.86 bits per heavy atom. The van der Waals surface area contributed by atoms with Crippen molar-refractivity contribution < 1.29 is 18.9 Å². The van der Waals surface area contributed by atoms with Gasteiger partial charge in [0.2, 0.25) is 0 Å². The average molecular weight is 584 g/mol. The number of nitrogens with one attached hydrogen (secondary N) is 2. The number of aromatic nitrogens is 2. The molecular weight excluding hydrogens is 542 g/mol. The van der Waals surface area contributed by atoms with Gasteiger partial charge in [-0.25, -0.2) is 0 Å². The highest BCUT2D eigenvalue weighted by Gasteiger charge is 2.20. The Kier molecular flexibility index (Phi) is 9.64. The molecule has 43 heavy (non-hydrogen) atoms. The molecule has 9 heteroatoms. The van der Waals surface area contributed by atoms with E-state index in [0.29, 0.717) is 36.0 Å². The first-order valence-electron chi connectivity index (χ1n) is 14.8. The topological polar surface area (TPSA) is 117 Å². The highest BCUT2D eigenvalue weighted by Crippen LogP contribution is 2.35.